The molecule has 1 heterocycles. The number of hydrogen-bond acceptors (Lipinski definition) is 2. The lowest BCUT2D eigenvalue weighted by Gasteiger charge is -2.33. The molecular weight excluding hydrogens is 265 g/mol. The van der Waals surface area contributed by atoms with Crippen LogP contribution in [0.25, 0.3) is 0 Å². The maximum atomic E-state index is 13.2. The molecule has 1 aromatic rings. The third-order valence-electron chi connectivity index (χ3n) is 4.11. The van der Waals surface area contributed by atoms with Gasteiger partial charge < -0.3 is 5.73 Å². The summed E-state index contributed by atoms with van der Waals surface area (Å²) in [5, 5.41) is 0. The van der Waals surface area contributed by atoms with E-state index in [9.17, 15) is 13.2 Å². The summed E-state index contributed by atoms with van der Waals surface area (Å²) >= 11 is 0. The van der Waals surface area contributed by atoms with Gasteiger partial charge in [-0.3, -0.25) is 4.90 Å². The van der Waals surface area contributed by atoms with E-state index in [1.165, 1.54) is 12.1 Å². The molecule has 2 nitrogen and oxygen atoms in total. The van der Waals surface area contributed by atoms with E-state index in [1.807, 2.05) is 13.8 Å². The molecule has 2 N–H and O–H groups in total. The summed E-state index contributed by atoms with van der Waals surface area (Å²) in [6.45, 7) is 5.25. The van der Waals surface area contributed by atoms with E-state index in [0.717, 1.165) is 13.0 Å². The molecule has 1 aliphatic rings. The van der Waals surface area contributed by atoms with Crippen molar-refractivity contribution in [3.05, 3.63) is 35.4 Å². The lowest BCUT2D eigenvalue weighted by Crippen LogP contribution is -2.34. The summed E-state index contributed by atoms with van der Waals surface area (Å²) in [6, 6.07) is 5.85. The maximum Gasteiger partial charge on any atom is 0.416 e. The molecule has 2 atom stereocenters. The Morgan fingerprint density at radius 1 is 1.30 bits per heavy atom. The Labute approximate surface area is 117 Å². The van der Waals surface area contributed by atoms with Crippen LogP contribution in [0.2, 0.25) is 0 Å². The van der Waals surface area contributed by atoms with Crippen molar-refractivity contribution < 1.29 is 13.2 Å². The minimum atomic E-state index is -4.32. The summed E-state index contributed by atoms with van der Waals surface area (Å²) in [5.74, 6) is 0.0842. The van der Waals surface area contributed by atoms with Gasteiger partial charge in [-0.2, -0.15) is 13.2 Å². The smallest absolute Gasteiger partial charge is 0.330 e. The van der Waals surface area contributed by atoms with Crippen molar-refractivity contribution in [2.45, 2.75) is 38.5 Å². The van der Waals surface area contributed by atoms with Crippen LogP contribution in [0, 0.1) is 5.92 Å². The summed E-state index contributed by atoms with van der Waals surface area (Å²) in [6.07, 6.45) is -3.47. The third kappa shape index (κ3) is 2.83. The zero-order valence-corrected chi connectivity index (χ0v) is 11.8. The number of benzene rings is 1. The van der Waals surface area contributed by atoms with Gasteiger partial charge in [0.15, 0.2) is 0 Å². The third-order valence-corrected chi connectivity index (χ3v) is 4.11. The molecule has 0 saturated carbocycles. The van der Waals surface area contributed by atoms with Gasteiger partial charge in [0.1, 0.15) is 0 Å². The summed E-state index contributed by atoms with van der Waals surface area (Å²) in [7, 11) is 0. The maximum absolute atomic E-state index is 13.2. The van der Waals surface area contributed by atoms with Gasteiger partial charge >= 0.3 is 6.18 Å². The van der Waals surface area contributed by atoms with Gasteiger partial charge in [0.25, 0.3) is 0 Å². The molecule has 112 valence electrons. The Hall–Kier alpha value is -1.07. The average Bonchev–Trinajstić information content (AvgIpc) is 2.81. The van der Waals surface area contributed by atoms with Crippen molar-refractivity contribution >= 4 is 0 Å². The Bertz CT molecular complexity index is 457. The SMILES string of the molecule is CC(C)N1CCC(CN)C1c1ccccc1C(F)(F)F. The summed E-state index contributed by atoms with van der Waals surface area (Å²) in [4.78, 5) is 2.13. The average molecular weight is 286 g/mol. The molecule has 5 heteroatoms. The fourth-order valence-corrected chi connectivity index (χ4v) is 3.15. The van der Waals surface area contributed by atoms with Crippen molar-refractivity contribution in [1.82, 2.24) is 4.90 Å². The van der Waals surface area contributed by atoms with E-state index in [0.29, 0.717) is 12.1 Å². The molecule has 0 spiro atoms. The second kappa shape index (κ2) is 5.74. The molecule has 0 radical (unpaired) electrons. The zero-order valence-electron chi connectivity index (χ0n) is 11.8. The number of hydrogen-bond donors (Lipinski definition) is 1. The summed E-state index contributed by atoms with van der Waals surface area (Å²) in [5.41, 5.74) is 5.61. The molecule has 1 saturated heterocycles. The van der Waals surface area contributed by atoms with E-state index in [-0.39, 0.29) is 18.0 Å². The van der Waals surface area contributed by atoms with Crippen LogP contribution in [0.3, 0.4) is 0 Å². The Morgan fingerprint density at radius 2 is 1.95 bits per heavy atom. The van der Waals surface area contributed by atoms with Gasteiger partial charge in [-0.25, -0.2) is 0 Å². The highest BCUT2D eigenvalue weighted by Gasteiger charge is 2.41. The van der Waals surface area contributed by atoms with Crippen LogP contribution >= 0.6 is 0 Å². The van der Waals surface area contributed by atoms with Crippen molar-refractivity contribution in [2.75, 3.05) is 13.1 Å². The highest BCUT2D eigenvalue weighted by atomic mass is 19.4. The quantitative estimate of drug-likeness (QED) is 0.922. The van der Waals surface area contributed by atoms with E-state index < -0.39 is 11.7 Å². The lowest BCUT2D eigenvalue weighted by atomic mass is 9.90. The molecule has 1 fully saturated rings. The number of likely N-dealkylation sites (tertiary alicyclic amines) is 1. The molecule has 0 aromatic heterocycles. The number of nitrogens with zero attached hydrogens (tertiary/aromatic N) is 1. The fourth-order valence-electron chi connectivity index (χ4n) is 3.15. The first-order valence-electron chi connectivity index (χ1n) is 6.98. The van der Waals surface area contributed by atoms with E-state index in [4.69, 9.17) is 5.73 Å². The van der Waals surface area contributed by atoms with Gasteiger partial charge in [-0.1, -0.05) is 18.2 Å². The molecule has 20 heavy (non-hydrogen) atoms. The summed E-state index contributed by atoms with van der Waals surface area (Å²) < 4.78 is 39.6. The number of nitrogens with two attached hydrogens (primary N) is 1. The van der Waals surface area contributed by atoms with Gasteiger partial charge in [-0.05, 0) is 50.9 Å². The second-order valence-electron chi connectivity index (χ2n) is 5.65. The molecule has 0 aliphatic carbocycles. The van der Waals surface area contributed by atoms with Crippen LogP contribution in [0.1, 0.15) is 37.4 Å². The van der Waals surface area contributed by atoms with E-state index in [2.05, 4.69) is 4.90 Å². The highest BCUT2D eigenvalue weighted by Crippen LogP contribution is 2.43. The highest BCUT2D eigenvalue weighted by molar-refractivity contribution is 5.33. The van der Waals surface area contributed by atoms with Crippen LogP contribution < -0.4 is 5.73 Å². The topological polar surface area (TPSA) is 29.3 Å². The van der Waals surface area contributed by atoms with Crippen LogP contribution in [0.15, 0.2) is 24.3 Å². The number of alkyl halides is 3. The largest absolute Gasteiger partial charge is 0.416 e. The minimum Gasteiger partial charge on any atom is -0.330 e. The number of halogens is 3. The molecule has 0 bridgehead atoms. The first-order valence-corrected chi connectivity index (χ1v) is 6.98. The van der Waals surface area contributed by atoms with E-state index >= 15 is 0 Å². The Morgan fingerprint density at radius 3 is 2.50 bits per heavy atom. The number of rotatable bonds is 3. The van der Waals surface area contributed by atoms with E-state index in [1.54, 1.807) is 12.1 Å². The van der Waals surface area contributed by atoms with Crippen LogP contribution in [0.5, 0.6) is 0 Å². The second-order valence-corrected chi connectivity index (χ2v) is 5.65. The molecule has 2 unspecified atom stereocenters. The van der Waals surface area contributed by atoms with Gasteiger partial charge in [0.2, 0.25) is 0 Å². The van der Waals surface area contributed by atoms with Crippen LogP contribution in [-0.4, -0.2) is 24.0 Å². The standard InChI is InChI=1S/C15H21F3N2/c1-10(2)20-8-7-11(9-19)14(20)12-5-3-4-6-13(12)15(16,17)18/h3-6,10-11,14H,7-9,19H2,1-2H3. The van der Waals surface area contributed by atoms with Crippen molar-refractivity contribution in [3.8, 4) is 0 Å². The van der Waals surface area contributed by atoms with Crippen LogP contribution in [0.4, 0.5) is 13.2 Å². The lowest BCUT2D eigenvalue weighted by molar-refractivity contribution is -0.138. The first kappa shape index (κ1) is 15.3. The Kier molecular flexibility index (Phi) is 4.39. The minimum absolute atomic E-state index is 0.0842. The molecular formula is C15H21F3N2. The normalized spacial score (nSPS) is 24.6. The monoisotopic (exact) mass is 286 g/mol. The van der Waals surface area contributed by atoms with Gasteiger partial charge in [0, 0.05) is 12.1 Å². The first-order chi connectivity index (χ1) is 9.36. The predicted octanol–water partition coefficient (Wildman–Crippen LogP) is 3.44. The van der Waals surface area contributed by atoms with Crippen molar-refractivity contribution in [2.24, 2.45) is 11.7 Å². The van der Waals surface area contributed by atoms with Crippen molar-refractivity contribution in [1.29, 1.82) is 0 Å². The van der Waals surface area contributed by atoms with Crippen LogP contribution in [-0.2, 0) is 6.18 Å². The zero-order chi connectivity index (χ0) is 14.9. The fraction of sp³-hybridized carbons (Fsp3) is 0.600. The van der Waals surface area contributed by atoms with Gasteiger partial charge in [0.05, 0.1) is 5.56 Å². The predicted molar refractivity (Wildman–Crippen MR) is 73.2 cm³/mol. The molecule has 1 aliphatic heterocycles. The van der Waals surface area contributed by atoms with Crippen molar-refractivity contribution in [3.63, 3.8) is 0 Å². The Balaban J connectivity index is 2.47. The molecule has 2 rings (SSSR count). The van der Waals surface area contributed by atoms with Gasteiger partial charge in [-0.15, -0.1) is 0 Å². The molecule has 1 aromatic carbocycles. The molecule has 0 amide bonds.